The summed E-state index contributed by atoms with van der Waals surface area (Å²) in [5, 5.41) is 9.49. The zero-order chi connectivity index (χ0) is 14.6. The molecule has 0 spiro atoms. The van der Waals surface area contributed by atoms with Crippen LogP contribution in [0.25, 0.3) is 0 Å². The van der Waals surface area contributed by atoms with Gasteiger partial charge >= 0.3 is 5.97 Å². The van der Waals surface area contributed by atoms with Crippen LogP contribution in [0.2, 0.25) is 0 Å². The van der Waals surface area contributed by atoms with Crippen molar-refractivity contribution in [2.45, 2.75) is 38.3 Å². The average molecular weight is 285 g/mol. The summed E-state index contributed by atoms with van der Waals surface area (Å²) in [5.74, 6) is 0.699. The molecule has 0 saturated heterocycles. The number of amides is 1. The Kier molecular flexibility index (Phi) is 2.81. The van der Waals surface area contributed by atoms with Crippen LogP contribution in [0, 0.1) is 17.8 Å². The van der Waals surface area contributed by atoms with E-state index < -0.39 is 12.0 Å². The molecule has 1 amide bonds. The molecule has 1 aromatic rings. The first-order chi connectivity index (χ1) is 10.1. The van der Waals surface area contributed by atoms with Crippen LogP contribution in [0.4, 0.5) is 0 Å². The van der Waals surface area contributed by atoms with Crippen molar-refractivity contribution in [3.05, 3.63) is 35.4 Å². The highest BCUT2D eigenvalue weighted by atomic mass is 16.4. The smallest absolute Gasteiger partial charge is 0.326 e. The highest BCUT2D eigenvalue weighted by Crippen LogP contribution is 2.54. The number of carbonyl (C=O) groups is 2. The molecule has 2 unspecified atom stereocenters. The second-order valence-electron chi connectivity index (χ2n) is 6.72. The van der Waals surface area contributed by atoms with E-state index in [1.54, 1.807) is 4.90 Å². The fraction of sp³-hybridized carbons (Fsp3) is 0.529. The van der Waals surface area contributed by atoms with Gasteiger partial charge in [0.2, 0.25) is 5.91 Å². The molecule has 1 aliphatic heterocycles. The molecule has 3 aliphatic rings. The van der Waals surface area contributed by atoms with Crippen LogP contribution in [0.3, 0.4) is 0 Å². The molecular formula is C17H19NO3. The van der Waals surface area contributed by atoms with Gasteiger partial charge in [-0.1, -0.05) is 24.3 Å². The number of benzene rings is 1. The van der Waals surface area contributed by atoms with Crippen LogP contribution in [0.5, 0.6) is 0 Å². The third-order valence-corrected chi connectivity index (χ3v) is 5.41. The topological polar surface area (TPSA) is 57.6 Å². The van der Waals surface area contributed by atoms with Crippen molar-refractivity contribution in [3.63, 3.8) is 0 Å². The Morgan fingerprint density at radius 2 is 1.71 bits per heavy atom. The molecule has 4 rings (SSSR count). The summed E-state index contributed by atoms with van der Waals surface area (Å²) in [7, 11) is 0. The van der Waals surface area contributed by atoms with Gasteiger partial charge in [-0.15, -0.1) is 0 Å². The summed E-state index contributed by atoms with van der Waals surface area (Å²) in [4.78, 5) is 25.9. The molecule has 0 aromatic heterocycles. The van der Waals surface area contributed by atoms with Crippen molar-refractivity contribution in [1.82, 2.24) is 4.90 Å². The van der Waals surface area contributed by atoms with Gasteiger partial charge in [-0.05, 0) is 42.2 Å². The number of fused-ring (bicyclic) bond motifs is 2. The molecule has 0 radical (unpaired) electrons. The number of carboxylic acid groups (broad SMARTS) is 1. The maximum absolute atomic E-state index is 12.8. The fourth-order valence-electron chi connectivity index (χ4n) is 4.13. The number of carbonyl (C=O) groups excluding carboxylic acids is 1. The lowest BCUT2D eigenvalue weighted by Gasteiger charge is -2.36. The third-order valence-electron chi connectivity index (χ3n) is 5.41. The molecule has 110 valence electrons. The van der Waals surface area contributed by atoms with Gasteiger partial charge in [-0.2, -0.15) is 0 Å². The molecule has 4 heteroatoms. The minimum Gasteiger partial charge on any atom is -0.480 e. The normalized spacial score (nSPS) is 33.2. The van der Waals surface area contributed by atoms with E-state index in [0.717, 1.165) is 35.8 Å². The van der Waals surface area contributed by atoms with Gasteiger partial charge in [0.05, 0.1) is 0 Å². The largest absolute Gasteiger partial charge is 0.480 e. The number of carboxylic acids is 1. The van der Waals surface area contributed by atoms with Crippen molar-refractivity contribution in [3.8, 4) is 0 Å². The van der Waals surface area contributed by atoms with Crippen LogP contribution in [0.1, 0.15) is 30.4 Å². The highest BCUT2D eigenvalue weighted by Gasteiger charge is 2.50. The van der Waals surface area contributed by atoms with Crippen LogP contribution < -0.4 is 0 Å². The summed E-state index contributed by atoms with van der Waals surface area (Å²) in [6.07, 6.45) is 3.63. The van der Waals surface area contributed by atoms with Gasteiger partial charge in [0.25, 0.3) is 0 Å². The zero-order valence-corrected chi connectivity index (χ0v) is 11.9. The first kappa shape index (κ1) is 12.9. The number of nitrogens with zero attached hydrogens (tertiary/aromatic N) is 1. The molecule has 1 heterocycles. The Labute approximate surface area is 123 Å². The van der Waals surface area contributed by atoms with E-state index in [2.05, 4.69) is 0 Å². The van der Waals surface area contributed by atoms with Crippen LogP contribution in [-0.4, -0.2) is 27.9 Å². The van der Waals surface area contributed by atoms with Crippen LogP contribution in [-0.2, 0) is 22.6 Å². The molecule has 1 aromatic carbocycles. The summed E-state index contributed by atoms with van der Waals surface area (Å²) in [6.45, 7) is 0.442. The van der Waals surface area contributed by atoms with Gasteiger partial charge in [0.1, 0.15) is 6.04 Å². The lowest BCUT2D eigenvalue weighted by Crippen LogP contribution is -2.50. The van der Waals surface area contributed by atoms with Crippen molar-refractivity contribution in [2.75, 3.05) is 0 Å². The first-order valence-electron chi connectivity index (χ1n) is 7.73. The fourth-order valence-corrected chi connectivity index (χ4v) is 4.13. The SMILES string of the molecule is O=C(O)[C@H]1Cc2ccccc2CN1C(=O)C1CC2CC2C1. The number of hydrogen-bond acceptors (Lipinski definition) is 2. The average Bonchev–Trinajstić information content (AvgIpc) is 3.11. The maximum Gasteiger partial charge on any atom is 0.326 e. The maximum atomic E-state index is 12.8. The number of rotatable bonds is 2. The van der Waals surface area contributed by atoms with Gasteiger partial charge < -0.3 is 10.0 Å². The van der Waals surface area contributed by atoms with Gasteiger partial charge in [-0.3, -0.25) is 4.79 Å². The van der Waals surface area contributed by atoms with Gasteiger partial charge in [-0.25, -0.2) is 4.79 Å². The summed E-state index contributed by atoms with van der Waals surface area (Å²) in [5.41, 5.74) is 2.15. The Morgan fingerprint density at radius 3 is 2.38 bits per heavy atom. The van der Waals surface area contributed by atoms with Gasteiger partial charge in [0.15, 0.2) is 0 Å². The van der Waals surface area contributed by atoms with Crippen molar-refractivity contribution < 1.29 is 14.7 Å². The summed E-state index contributed by atoms with van der Waals surface area (Å²) in [6, 6.07) is 7.15. The van der Waals surface area contributed by atoms with Crippen molar-refractivity contribution in [2.24, 2.45) is 17.8 Å². The third kappa shape index (κ3) is 2.13. The quantitative estimate of drug-likeness (QED) is 0.905. The Balaban J connectivity index is 1.59. The van der Waals surface area contributed by atoms with E-state index in [1.165, 1.54) is 6.42 Å². The van der Waals surface area contributed by atoms with Gasteiger partial charge in [0, 0.05) is 18.9 Å². The minimum absolute atomic E-state index is 0.0564. The molecule has 2 aliphatic carbocycles. The van der Waals surface area contributed by atoms with E-state index in [9.17, 15) is 14.7 Å². The number of aliphatic carboxylic acids is 1. The number of hydrogen-bond donors (Lipinski definition) is 1. The van der Waals surface area contributed by atoms with Crippen molar-refractivity contribution >= 4 is 11.9 Å². The predicted molar refractivity (Wildman–Crippen MR) is 76.4 cm³/mol. The molecule has 4 nitrogen and oxygen atoms in total. The van der Waals surface area contributed by atoms with Crippen molar-refractivity contribution in [1.29, 1.82) is 0 Å². The zero-order valence-electron chi connectivity index (χ0n) is 11.9. The van der Waals surface area contributed by atoms with Crippen LogP contribution >= 0.6 is 0 Å². The second-order valence-corrected chi connectivity index (χ2v) is 6.72. The monoisotopic (exact) mass is 285 g/mol. The second kappa shape index (κ2) is 4.58. The van der Waals surface area contributed by atoms with E-state index in [0.29, 0.717) is 13.0 Å². The predicted octanol–water partition coefficient (Wildman–Crippen LogP) is 2.07. The first-order valence-corrected chi connectivity index (χ1v) is 7.73. The highest BCUT2D eigenvalue weighted by molar-refractivity contribution is 5.86. The molecule has 0 bridgehead atoms. The lowest BCUT2D eigenvalue weighted by molar-refractivity contribution is -0.153. The van der Waals surface area contributed by atoms with E-state index in [1.807, 2.05) is 24.3 Å². The minimum atomic E-state index is -0.888. The Morgan fingerprint density at radius 1 is 1.05 bits per heavy atom. The van der Waals surface area contributed by atoms with E-state index >= 15 is 0 Å². The van der Waals surface area contributed by atoms with E-state index in [-0.39, 0.29) is 11.8 Å². The molecule has 21 heavy (non-hydrogen) atoms. The molecule has 1 N–H and O–H groups in total. The summed E-state index contributed by atoms with van der Waals surface area (Å²) >= 11 is 0. The molecule has 2 saturated carbocycles. The Bertz CT molecular complexity index is 602. The summed E-state index contributed by atoms with van der Waals surface area (Å²) < 4.78 is 0. The van der Waals surface area contributed by atoms with Crippen LogP contribution in [0.15, 0.2) is 24.3 Å². The van der Waals surface area contributed by atoms with E-state index in [4.69, 9.17) is 0 Å². The molecule has 3 atom stereocenters. The molecule has 2 fully saturated rings. The standard InChI is InChI=1S/C17H19NO3/c19-16(14-6-12-5-13(12)7-14)18-9-11-4-2-1-3-10(11)8-15(18)17(20)21/h1-4,12-15H,5-9H2,(H,20,21)/t12?,13?,14?,15-/m1/s1. The molecular weight excluding hydrogens is 266 g/mol. The Hall–Kier alpha value is -1.84. The lowest BCUT2D eigenvalue weighted by atomic mass is 9.91.